The lowest BCUT2D eigenvalue weighted by atomic mass is 10.0. The van der Waals surface area contributed by atoms with Crippen molar-refractivity contribution < 1.29 is 5.11 Å². The number of para-hydroxylation sites is 1. The maximum absolute atomic E-state index is 9.65. The standard InChI is InChI=1S/C14H24N2O/c1-4-11-7-6-8-12(5-2)14(11)16(3)10-13(17)9-15/h6-8,13,17H,4-5,9-10,15H2,1-3H3. The SMILES string of the molecule is CCc1cccc(CC)c1N(C)CC(O)CN. The summed E-state index contributed by atoms with van der Waals surface area (Å²) in [5.74, 6) is 0. The molecule has 0 fully saturated rings. The van der Waals surface area contributed by atoms with Gasteiger partial charge in [-0.2, -0.15) is 0 Å². The van der Waals surface area contributed by atoms with Crippen molar-refractivity contribution in [2.45, 2.75) is 32.8 Å². The first kappa shape index (κ1) is 14.0. The normalized spacial score (nSPS) is 12.5. The van der Waals surface area contributed by atoms with E-state index in [1.165, 1.54) is 16.8 Å². The van der Waals surface area contributed by atoms with Crippen LogP contribution in [0.2, 0.25) is 0 Å². The van der Waals surface area contributed by atoms with Gasteiger partial charge in [0.25, 0.3) is 0 Å². The van der Waals surface area contributed by atoms with Crippen molar-refractivity contribution in [3.8, 4) is 0 Å². The number of aryl methyl sites for hydroxylation is 2. The Balaban J connectivity index is 3.00. The molecule has 0 saturated carbocycles. The summed E-state index contributed by atoms with van der Waals surface area (Å²) in [6.45, 7) is 5.21. The van der Waals surface area contributed by atoms with Crippen LogP contribution in [0.3, 0.4) is 0 Å². The predicted octanol–water partition coefficient (Wildman–Crippen LogP) is 1.57. The smallest absolute Gasteiger partial charge is 0.0836 e. The van der Waals surface area contributed by atoms with E-state index < -0.39 is 6.10 Å². The number of aliphatic hydroxyl groups excluding tert-OH is 1. The van der Waals surface area contributed by atoms with E-state index in [-0.39, 0.29) is 0 Å². The van der Waals surface area contributed by atoms with Crippen LogP contribution < -0.4 is 10.6 Å². The quantitative estimate of drug-likeness (QED) is 0.788. The number of benzene rings is 1. The zero-order valence-corrected chi connectivity index (χ0v) is 11.1. The van der Waals surface area contributed by atoms with E-state index in [0.29, 0.717) is 13.1 Å². The van der Waals surface area contributed by atoms with Crippen LogP contribution in [-0.2, 0) is 12.8 Å². The Bertz CT molecular complexity index is 330. The minimum absolute atomic E-state index is 0.306. The lowest BCUT2D eigenvalue weighted by molar-refractivity contribution is 0.189. The van der Waals surface area contributed by atoms with E-state index >= 15 is 0 Å². The van der Waals surface area contributed by atoms with Gasteiger partial charge in [-0.15, -0.1) is 0 Å². The predicted molar refractivity (Wildman–Crippen MR) is 73.5 cm³/mol. The zero-order valence-electron chi connectivity index (χ0n) is 11.1. The molecule has 0 amide bonds. The van der Waals surface area contributed by atoms with E-state index in [0.717, 1.165) is 12.8 Å². The van der Waals surface area contributed by atoms with E-state index in [4.69, 9.17) is 5.73 Å². The molecule has 0 bridgehead atoms. The maximum atomic E-state index is 9.65. The van der Waals surface area contributed by atoms with E-state index in [1.54, 1.807) is 0 Å². The Morgan fingerprint density at radius 2 is 1.76 bits per heavy atom. The summed E-state index contributed by atoms with van der Waals surface area (Å²) in [6, 6.07) is 6.41. The fourth-order valence-electron chi connectivity index (χ4n) is 2.19. The fraction of sp³-hybridized carbons (Fsp3) is 0.571. The fourth-order valence-corrected chi connectivity index (χ4v) is 2.19. The van der Waals surface area contributed by atoms with Gasteiger partial charge in [0, 0.05) is 25.8 Å². The summed E-state index contributed by atoms with van der Waals surface area (Å²) >= 11 is 0. The van der Waals surface area contributed by atoms with E-state index in [9.17, 15) is 5.11 Å². The second-order valence-corrected chi connectivity index (χ2v) is 4.40. The highest BCUT2D eigenvalue weighted by Gasteiger charge is 2.13. The number of aliphatic hydroxyl groups is 1. The number of hydrogen-bond acceptors (Lipinski definition) is 3. The second kappa shape index (κ2) is 6.62. The van der Waals surface area contributed by atoms with Gasteiger partial charge in [0.1, 0.15) is 0 Å². The Labute approximate surface area is 104 Å². The first-order chi connectivity index (χ1) is 8.13. The van der Waals surface area contributed by atoms with Crippen LogP contribution in [0.5, 0.6) is 0 Å². The molecule has 0 spiro atoms. The molecule has 3 N–H and O–H groups in total. The lowest BCUT2D eigenvalue weighted by Gasteiger charge is -2.27. The summed E-state index contributed by atoms with van der Waals surface area (Å²) in [7, 11) is 2.02. The monoisotopic (exact) mass is 236 g/mol. The number of hydrogen-bond donors (Lipinski definition) is 2. The molecule has 0 radical (unpaired) electrons. The average molecular weight is 236 g/mol. The molecule has 1 aromatic rings. The molecule has 0 saturated heterocycles. The summed E-state index contributed by atoms with van der Waals surface area (Å²) < 4.78 is 0. The molecular weight excluding hydrogens is 212 g/mol. The molecule has 0 heterocycles. The molecule has 1 rings (SSSR count). The van der Waals surface area contributed by atoms with Gasteiger partial charge in [0.2, 0.25) is 0 Å². The molecule has 3 nitrogen and oxygen atoms in total. The van der Waals surface area contributed by atoms with Crippen molar-refractivity contribution >= 4 is 5.69 Å². The Morgan fingerprint density at radius 1 is 1.24 bits per heavy atom. The van der Waals surface area contributed by atoms with Crippen LogP contribution in [0.25, 0.3) is 0 Å². The van der Waals surface area contributed by atoms with Gasteiger partial charge < -0.3 is 15.7 Å². The van der Waals surface area contributed by atoms with Gasteiger partial charge in [-0.05, 0) is 24.0 Å². The van der Waals surface area contributed by atoms with Crippen LogP contribution in [0.15, 0.2) is 18.2 Å². The van der Waals surface area contributed by atoms with Crippen molar-refractivity contribution in [2.75, 3.05) is 25.0 Å². The summed E-state index contributed by atoms with van der Waals surface area (Å²) in [5.41, 5.74) is 9.38. The van der Waals surface area contributed by atoms with Crippen LogP contribution in [-0.4, -0.2) is 31.3 Å². The van der Waals surface area contributed by atoms with Crippen LogP contribution in [0.1, 0.15) is 25.0 Å². The van der Waals surface area contributed by atoms with Crippen molar-refractivity contribution in [2.24, 2.45) is 5.73 Å². The molecule has 0 aromatic heterocycles. The number of nitrogens with zero attached hydrogens (tertiary/aromatic N) is 1. The summed E-state index contributed by atoms with van der Waals surface area (Å²) in [4.78, 5) is 2.12. The van der Waals surface area contributed by atoms with Crippen LogP contribution >= 0.6 is 0 Å². The minimum atomic E-state index is -0.463. The van der Waals surface area contributed by atoms with Crippen LogP contribution in [0, 0.1) is 0 Å². The molecular formula is C14H24N2O. The van der Waals surface area contributed by atoms with Gasteiger partial charge in [-0.25, -0.2) is 0 Å². The third-order valence-electron chi connectivity index (χ3n) is 3.10. The second-order valence-electron chi connectivity index (χ2n) is 4.40. The number of rotatable bonds is 6. The van der Waals surface area contributed by atoms with E-state index in [2.05, 4.69) is 36.9 Å². The highest BCUT2D eigenvalue weighted by molar-refractivity contribution is 5.59. The van der Waals surface area contributed by atoms with Crippen molar-refractivity contribution in [3.05, 3.63) is 29.3 Å². The molecule has 96 valence electrons. The molecule has 0 aliphatic heterocycles. The first-order valence-corrected chi connectivity index (χ1v) is 6.34. The minimum Gasteiger partial charge on any atom is -0.390 e. The summed E-state index contributed by atoms with van der Waals surface area (Å²) in [5, 5.41) is 9.65. The zero-order chi connectivity index (χ0) is 12.8. The first-order valence-electron chi connectivity index (χ1n) is 6.34. The third-order valence-corrected chi connectivity index (χ3v) is 3.10. The molecule has 0 aliphatic carbocycles. The highest BCUT2D eigenvalue weighted by atomic mass is 16.3. The largest absolute Gasteiger partial charge is 0.390 e. The number of nitrogens with two attached hydrogens (primary N) is 1. The average Bonchev–Trinajstić information content (AvgIpc) is 2.37. The molecule has 17 heavy (non-hydrogen) atoms. The van der Waals surface area contributed by atoms with Gasteiger partial charge >= 0.3 is 0 Å². The topological polar surface area (TPSA) is 49.5 Å². The van der Waals surface area contributed by atoms with Gasteiger partial charge in [-0.1, -0.05) is 32.0 Å². The molecule has 1 aromatic carbocycles. The number of likely N-dealkylation sites (N-methyl/N-ethyl adjacent to an activating group) is 1. The van der Waals surface area contributed by atoms with Gasteiger partial charge in [-0.3, -0.25) is 0 Å². The summed E-state index contributed by atoms with van der Waals surface area (Å²) in [6.07, 6.45) is 1.55. The van der Waals surface area contributed by atoms with Crippen LogP contribution in [0.4, 0.5) is 5.69 Å². The molecule has 1 unspecified atom stereocenters. The molecule has 0 aliphatic rings. The molecule has 3 heteroatoms. The Kier molecular flexibility index (Phi) is 5.45. The van der Waals surface area contributed by atoms with Gasteiger partial charge in [0.15, 0.2) is 0 Å². The highest BCUT2D eigenvalue weighted by Crippen LogP contribution is 2.26. The molecule has 1 atom stereocenters. The van der Waals surface area contributed by atoms with Gasteiger partial charge in [0.05, 0.1) is 6.10 Å². The maximum Gasteiger partial charge on any atom is 0.0836 e. The van der Waals surface area contributed by atoms with E-state index in [1.807, 2.05) is 7.05 Å². The lowest BCUT2D eigenvalue weighted by Crippen LogP contribution is -2.35. The Morgan fingerprint density at radius 3 is 2.18 bits per heavy atom. The third kappa shape index (κ3) is 3.45. The number of anilines is 1. The van der Waals surface area contributed by atoms with Crippen molar-refractivity contribution in [1.29, 1.82) is 0 Å². The van der Waals surface area contributed by atoms with Crippen molar-refractivity contribution in [3.63, 3.8) is 0 Å². The Hall–Kier alpha value is -1.06. The van der Waals surface area contributed by atoms with Crippen molar-refractivity contribution in [1.82, 2.24) is 0 Å².